The first-order valence-corrected chi connectivity index (χ1v) is 5.81. The molecule has 0 aliphatic heterocycles. The molecule has 1 aromatic carbocycles. The van der Waals surface area contributed by atoms with Crippen LogP contribution in [0, 0.1) is 0 Å². The third-order valence-corrected chi connectivity index (χ3v) is 2.39. The van der Waals surface area contributed by atoms with Crippen molar-refractivity contribution in [2.45, 2.75) is 25.6 Å². The Morgan fingerprint density at radius 3 is 2.71 bits per heavy atom. The number of carbonyl (C=O) groups is 2. The molecule has 0 saturated carbocycles. The van der Waals surface area contributed by atoms with Crippen molar-refractivity contribution >= 4 is 29.2 Å². The maximum atomic E-state index is 11.4. The van der Waals surface area contributed by atoms with E-state index in [1.807, 2.05) is 25.1 Å². The number of imide groups is 1. The Labute approximate surface area is 105 Å². The van der Waals surface area contributed by atoms with Crippen LogP contribution in [0.25, 0.3) is 0 Å². The molecule has 3 amide bonds. The number of aryl methyl sites for hydroxylation is 1. The van der Waals surface area contributed by atoms with E-state index in [1.54, 1.807) is 6.07 Å². The fourth-order valence-corrected chi connectivity index (χ4v) is 1.30. The number of urea groups is 1. The number of hydrogen-bond acceptors (Lipinski definition) is 2. The van der Waals surface area contributed by atoms with Crippen LogP contribution in [-0.2, 0) is 11.2 Å². The molecule has 0 aliphatic rings. The molecule has 5 heteroatoms. The Morgan fingerprint density at radius 1 is 1.41 bits per heavy atom. The van der Waals surface area contributed by atoms with E-state index in [9.17, 15) is 9.59 Å². The van der Waals surface area contributed by atoms with Gasteiger partial charge < -0.3 is 5.32 Å². The first-order valence-electron chi connectivity index (χ1n) is 5.37. The van der Waals surface area contributed by atoms with Crippen LogP contribution in [0.2, 0.25) is 0 Å². The summed E-state index contributed by atoms with van der Waals surface area (Å²) in [5.41, 5.74) is 1.76. The summed E-state index contributed by atoms with van der Waals surface area (Å²) in [4.78, 5) is 22.6. The molecule has 92 valence electrons. The van der Waals surface area contributed by atoms with Gasteiger partial charge >= 0.3 is 6.03 Å². The number of alkyl halides is 1. The quantitative estimate of drug-likeness (QED) is 0.815. The molecule has 1 aromatic rings. The fraction of sp³-hybridized carbons (Fsp3) is 0.333. The highest BCUT2D eigenvalue weighted by molar-refractivity contribution is 6.31. The average molecular weight is 255 g/mol. The van der Waals surface area contributed by atoms with Crippen molar-refractivity contribution in [1.29, 1.82) is 0 Å². The lowest BCUT2D eigenvalue weighted by molar-refractivity contribution is -0.119. The van der Waals surface area contributed by atoms with E-state index in [0.29, 0.717) is 5.69 Å². The van der Waals surface area contributed by atoms with Crippen LogP contribution in [0.15, 0.2) is 24.3 Å². The normalized spacial score (nSPS) is 11.7. The topological polar surface area (TPSA) is 58.2 Å². The molecule has 4 nitrogen and oxygen atoms in total. The summed E-state index contributed by atoms with van der Waals surface area (Å²) in [6.07, 6.45) is 0.884. The predicted molar refractivity (Wildman–Crippen MR) is 68.3 cm³/mol. The maximum Gasteiger partial charge on any atom is 0.325 e. The van der Waals surface area contributed by atoms with Crippen LogP contribution in [0.4, 0.5) is 10.5 Å². The summed E-state index contributed by atoms with van der Waals surface area (Å²) >= 11 is 5.53. The zero-order valence-corrected chi connectivity index (χ0v) is 10.5. The van der Waals surface area contributed by atoms with E-state index < -0.39 is 17.3 Å². The second-order valence-electron chi connectivity index (χ2n) is 3.61. The SMILES string of the molecule is CCc1cccc(NC(=O)NC(=O)C(C)Cl)c1. The summed E-state index contributed by atoms with van der Waals surface area (Å²) in [6, 6.07) is 6.85. The summed E-state index contributed by atoms with van der Waals surface area (Å²) in [6.45, 7) is 3.53. The Hall–Kier alpha value is -1.55. The minimum Gasteiger partial charge on any atom is -0.308 e. The molecule has 1 rings (SSSR count). The zero-order chi connectivity index (χ0) is 12.8. The summed E-state index contributed by atoms with van der Waals surface area (Å²) in [7, 11) is 0. The van der Waals surface area contributed by atoms with Crippen LogP contribution in [0.3, 0.4) is 0 Å². The van der Waals surface area contributed by atoms with Crippen molar-refractivity contribution in [1.82, 2.24) is 5.32 Å². The van der Waals surface area contributed by atoms with Crippen molar-refractivity contribution in [3.8, 4) is 0 Å². The molecule has 0 bridgehead atoms. The van der Waals surface area contributed by atoms with E-state index in [1.165, 1.54) is 6.92 Å². The minimum absolute atomic E-state index is 0.518. The monoisotopic (exact) mass is 254 g/mol. The number of nitrogens with one attached hydrogen (secondary N) is 2. The van der Waals surface area contributed by atoms with Crippen molar-refractivity contribution in [3.63, 3.8) is 0 Å². The lowest BCUT2D eigenvalue weighted by Crippen LogP contribution is -2.38. The van der Waals surface area contributed by atoms with Gasteiger partial charge in [0, 0.05) is 5.69 Å². The van der Waals surface area contributed by atoms with Crippen LogP contribution in [-0.4, -0.2) is 17.3 Å². The number of hydrogen-bond donors (Lipinski definition) is 2. The molecular weight excluding hydrogens is 240 g/mol. The molecule has 0 fully saturated rings. The van der Waals surface area contributed by atoms with Crippen molar-refractivity contribution in [3.05, 3.63) is 29.8 Å². The van der Waals surface area contributed by atoms with Gasteiger partial charge in [0.25, 0.3) is 0 Å². The molecule has 0 spiro atoms. The van der Waals surface area contributed by atoms with Crippen LogP contribution < -0.4 is 10.6 Å². The molecule has 0 aromatic heterocycles. The molecule has 0 heterocycles. The van der Waals surface area contributed by atoms with E-state index in [0.717, 1.165) is 12.0 Å². The van der Waals surface area contributed by atoms with Gasteiger partial charge in [-0.25, -0.2) is 4.79 Å². The largest absolute Gasteiger partial charge is 0.325 e. The van der Waals surface area contributed by atoms with Crippen molar-refractivity contribution in [2.24, 2.45) is 0 Å². The molecule has 0 aliphatic carbocycles. The van der Waals surface area contributed by atoms with Gasteiger partial charge in [-0.05, 0) is 31.0 Å². The number of halogens is 1. The van der Waals surface area contributed by atoms with E-state index in [2.05, 4.69) is 10.6 Å². The molecule has 17 heavy (non-hydrogen) atoms. The van der Waals surface area contributed by atoms with Gasteiger partial charge in [0.2, 0.25) is 5.91 Å². The number of amides is 3. The zero-order valence-electron chi connectivity index (χ0n) is 9.79. The Balaban J connectivity index is 2.59. The number of anilines is 1. The van der Waals surface area contributed by atoms with Gasteiger partial charge in [-0.2, -0.15) is 0 Å². The van der Waals surface area contributed by atoms with Gasteiger partial charge in [-0.1, -0.05) is 19.1 Å². The summed E-state index contributed by atoms with van der Waals surface area (Å²) in [5, 5.41) is 3.98. The minimum atomic E-state index is -0.734. The highest BCUT2D eigenvalue weighted by atomic mass is 35.5. The Morgan fingerprint density at radius 2 is 2.12 bits per heavy atom. The Bertz CT molecular complexity index is 419. The molecule has 0 radical (unpaired) electrons. The number of rotatable bonds is 3. The second-order valence-corrected chi connectivity index (χ2v) is 4.27. The highest BCUT2D eigenvalue weighted by Gasteiger charge is 2.12. The van der Waals surface area contributed by atoms with Crippen LogP contribution in [0.1, 0.15) is 19.4 Å². The van der Waals surface area contributed by atoms with E-state index in [-0.39, 0.29) is 0 Å². The predicted octanol–water partition coefficient (Wildman–Crippen LogP) is 2.52. The van der Waals surface area contributed by atoms with E-state index in [4.69, 9.17) is 11.6 Å². The average Bonchev–Trinajstić information content (AvgIpc) is 2.28. The molecule has 2 N–H and O–H groups in total. The fourth-order valence-electron chi connectivity index (χ4n) is 1.24. The van der Waals surface area contributed by atoms with Gasteiger partial charge in [0.1, 0.15) is 5.38 Å². The smallest absolute Gasteiger partial charge is 0.308 e. The number of benzene rings is 1. The lowest BCUT2D eigenvalue weighted by atomic mass is 10.1. The summed E-state index contributed by atoms with van der Waals surface area (Å²) < 4.78 is 0. The molecule has 0 saturated heterocycles. The van der Waals surface area contributed by atoms with Crippen LogP contribution >= 0.6 is 11.6 Å². The van der Waals surface area contributed by atoms with Gasteiger partial charge in [-0.15, -0.1) is 11.6 Å². The third-order valence-electron chi connectivity index (χ3n) is 2.19. The summed E-state index contributed by atoms with van der Waals surface area (Å²) in [5.74, 6) is -0.518. The maximum absolute atomic E-state index is 11.4. The molecule has 1 atom stereocenters. The van der Waals surface area contributed by atoms with Crippen molar-refractivity contribution < 1.29 is 9.59 Å². The molecule has 1 unspecified atom stereocenters. The van der Waals surface area contributed by atoms with Crippen LogP contribution in [0.5, 0.6) is 0 Å². The first kappa shape index (κ1) is 13.5. The van der Waals surface area contributed by atoms with Gasteiger partial charge in [0.15, 0.2) is 0 Å². The van der Waals surface area contributed by atoms with Crippen molar-refractivity contribution in [2.75, 3.05) is 5.32 Å². The third kappa shape index (κ3) is 4.44. The van der Waals surface area contributed by atoms with E-state index >= 15 is 0 Å². The highest BCUT2D eigenvalue weighted by Crippen LogP contribution is 2.10. The standard InChI is InChI=1S/C12H15ClN2O2/c1-3-9-5-4-6-10(7-9)14-12(17)15-11(16)8(2)13/h4-8H,3H2,1-2H3,(H2,14,15,16,17). The number of carbonyl (C=O) groups excluding carboxylic acids is 2. The van der Waals surface area contributed by atoms with Gasteiger partial charge in [-0.3, -0.25) is 10.1 Å². The molecular formula is C12H15ClN2O2. The lowest BCUT2D eigenvalue weighted by Gasteiger charge is -2.08. The second kappa shape index (κ2) is 6.25. The Kier molecular flexibility index (Phi) is 4.97. The first-order chi connectivity index (χ1) is 8.02. The van der Waals surface area contributed by atoms with Gasteiger partial charge in [0.05, 0.1) is 0 Å².